The number of carbonyl (C=O) groups is 5. The molecule has 7 saturated carbocycles. The van der Waals surface area contributed by atoms with Crippen molar-refractivity contribution in [3.05, 3.63) is 46.6 Å². The molecule has 4 amide bonds. The van der Waals surface area contributed by atoms with E-state index in [2.05, 4.69) is 26.4 Å². The number of hydrogen-bond acceptors (Lipinski definition) is 7. The Hall–Kier alpha value is -4.29. The number of likely N-dealkylation sites (N-methyl/N-ethyl adjacent to an activating group) is 1. The molecule has 7 fully saturated rings. The zero-order valence-electron chi connectivity index (χ0n) is 26.9. The predicted molar refractivity (Wildman–Crippen MR) is 170 cm³/mol. The normalized spacial score (nSPS) is 31.3. The molecule has 2 heterocycles. The number of Topliss-reactive ketones (excluding diaryl/α,β-unsaturated/α-hetero) is 1. The molecule has 2 aromatic rings. The van der Waals surface area contributed by atoms with E-state index in [1.165, 1.54) is 46.8 Å². The highest BCUT2D eigenvalue weighted by molar-refractivity contribution is 6.36. The number of ketones is 1. The van der Waals surface area contributed by atoms with Crippen molar-refractivity contribution in [1.82, 2.24) is 30.3 Å². The highest BCUT2D eigenvalue weighted by atomic mass is 16.2. The fourth-order valence-electron chi connectivity index (χ4n) is 10.2. The lowest BCUT2D eigenvalue weighted by Gasteiger charge is -2.72. The first-order valence-electron chi connectivity index (χ1n) is 17.0. The minimum absolute atomic E-state index is 0.0625. The van der Waals surface area contributed by atoms with Crippen LogP contribution < -0.4 is 26.8 Å². The van der Waals surface area contributed by atoms with Crippen molar-refractivity contribution in [2.45, 2.75) is 76.4 Å². The minimum atomic E-state index is -1.25. The summed E-state index contributed by atoms with van der Waals surface area (Å²) in [5.74, 6) is 2.42. The predicted octanol–water partition coefficient (Wildman–Crippen LogP) is 1.38. The molecule has 0 aromatic carbocycles. The van der Waals surface area contributed by atoms with Gasteiger partial charge in [0.2, 0.25) is 17.6 Å². The molecule has 47 heavy (non-hydrogen) atoms. The maximum atomic E-state index is 13.5. The van der Waals surface area contributed by atoms with Crippen molar-refractivity contribution < 1.29 is 24.0 Å². The number of amides is 4. The summed E-state index contributed by atoms with van der Waals surface area (Å²) in [4.78, 5) is 77.4. The van der Waals surface area contributed by atoms with E-state index in [0.29, 0.717) is 17.8 Å². The van der Waals surface area contributed by atoms with Crippen LogP contribution >= 0.6 is 0 Å². The lowest BCUT2D eigenvalue weighted by atomic mass is 9.34. The van der Waals surface area contributed by atoms with E-state index < -0.39 is 35.1 Å². The van der Waals surface area contributed by atoms with Crippen molar-refractivity contribution in [1.29, 1.82) is 0 Å². The topological polar surface area (TPSA) is 173 Å². The van der Waals surface area contributed by atoms with Gasteiger partial charge in [-0.1, -0.05) is 0 Å². The third-order valence-corrected chi connectivity index (χ3v) is 11.8. The maximum absolute atomic E-state index is 13.5. The summed E-state index contributed by atoms with van der Waals surface area (Å²) in [6.07, 6.45) is 9.82. The average molecular weight is 646 g/mol. The van der Waals surface area contributed by atoms with Gasteiger partial charge in [0.25, 0.3) is 17.4 Å². The number of nitrogens with one attached hydrogen (secondary N) is 4. The Kier molecular flexibility index (Phi) is 8.04. The van der Waals surface area contributed by atoms with Crippen molar-refractivity contribution in [3.8, 4) is 0 Å². The zero-order valence-corrected chi connectivity index (χ0v) is 26.9. The van der Waals surface area contributed by atoms with Crippen LogP contribution in [0.3, 0.4) is 0 Å². The first kappa shape index (κ1) is 31.3. The third kappa shape index (κ3) is 5.78. The number of pyridine rings is 1. The summed E-state index contributed by atoms with van der Waals surface area (Å²) in [7, 11) is 1.64. The highest BCUT2D eigenvalue weighted by Gasteiger charge is 2.67. The third-order valence-electron chi connectivity index (χ3n) is 11.8. The van der Waals surface area contributed by atoms with Crippen LogP contribution in [0.5, 0.6) is 0 Å². The monoisotopic (exact) mass is 645 g/mol. The second kappa shape index (κ2) is 12.1. The molecule has 7 aliphatic rings. The Morgan fingerprint density at radius 1 is 0.957 bits per heavy atom. The molecule has 250 valence electrons. The number of aryl methyl sites for hydroxylation is 1. The molecule has 13 nitrogen and oxygen atoms in total. The molecule has 7 aliphatic carbocycles. The Balaban J connectivity index is 1.01. The van der Waals surface area contributed by atoms with E-state index in [1.54, 1.807) is 26.2 Å². The van der Waals surface area contributed by atoms with E-state index in [4.69, 9.17) is 0 Å². The van der Waals surface area contributed by atoms with Gasteiger partial charge in [-0.3, -0.25) is 33.4 Å². The molecule has 0 saturated heterocycles. The van der Waals surface area contributed by atoms with Crippen LogP contribution in [0, 0.1) is 41.4 Å². The molecule has 4 N–H and O–H groups in total. The van der Waals surface area contributed by atoms with Gasteiger partial charge in [0.1, 0.15) is 24.0 Å². The first-order chi connectivity index (χ1) is 22.5. The van der Waals surface area contributed by atoms with E-state index in [-0.39, 0.29) is 48.8 Å². The minimum Gasteiger partial charge on any atom is -0.350 e. The largest absolute Gasteiger partial charge is 0.350 e. The number of aromatic nitrogens is 3. The van der Waals surface area contributed by atoms with Crippen molar-refractivity contribution in [2.24, 2.45) is 48.5 Å². The van der Waals surface area contributed by atoms with Crippen LogP contribution in [0.1, 0.15) is 68.8 Å². The van der Waals surface area contributed by atoms with Gasteiger partial charge in [-0.05, 0) is 111 Å². The highest BCUT2D eigenvalue weighted by Crippen LogP contribution is 2.72. The molecular weight excluding hydrogens is 602 g/mol. The number of anilines is 1. The molecular formula is C34H43N7O6. The summed E-state index contributed by atoms with van der Waals surface area (Å²) in [5, 5.41) is 15.0. The average Bonchev–Trinajstić information content (AvgIpc) is 3.49. The van der Waals surface area contributed by atoms with E-state index >= 15 is 0 Å². The first-order valence-corrected chi connectivity index (χ1v) is 17.0. The molecule has 0 spiro atoms. The van der Waals surface area contributed by atoms with E-state index in [9.17, 15) is 28.8 Å². The fraction of sp³-hybridized carbons (Fsp3) is 0.618. The van der Waals surface area contributed by atoms with Gasteiger partial charge in [0.05, 0.1) is 0 Å². The molecule has 9 rings (SSSR count). The van der Waals surface area contributed by atoms with Crippen LogP contribution in [-0.2, 0) is 32.8 Å². The molecule has 8 bridgehead atoms. The lowest BCUT2D eigenvalue weighted by Crippen LogP contribution is -2.71. The molecule has 0 aliphatic heterocycles. The van der Waals surface area contributed by atoms with Gasteiger partial charge >= 0.3 is 0 Å². The van der Waals surface area contributed by atoms with Crippen LogP contribution in [0.2, 0.25) is 0 Å². The molecule has 0 unspecified atom stereocenters. The van der Waals surface area contributed by atoms with Crippen molar-refractivity contribution in [2.75, 3.05) is 11.9 Å². The van der Waals surface area contributed by atoms with E-state index in [0.717, 1.165) is 42.9 Å². The van der Waals surface area contributed by atoms with Crippen molar-refractivity contribution >= 4 is 35.1 Å². The summed E-state index contributed by atoms with van der Waals surface area (Å²) in [6, 6.07) is 3.22. The van der Waals surface area contributed by atoms with Crippen molar-refractivity contribution in [3.63, 3.8) is 0 Å². The number of hydrogen-bond donors (Lipinski definition) is 4. The molecule has 0 radical (unpaired) electrons. The Morgan fingerprint density at radius 3 is 2.21 bits per heavy atom. The Bertz CT molecular complexity index is 1620. The van der Waals surface area contributed by atoms with E-state index in [1.807, 2.05) is 0 Å². The molecule has 2 aromatic heterocycles. The fourth-order valence-corrected chi connectivity index (χ4v) is 10.2. The van der Waals surface area contributed by atoms with Gasteiger partial charge in [-0.2, -0.15) is 5.10 Å². The smallest absolute Gasteiger partial charge is 0.287 e. The summed E-state index contributed by atoms with van der Waals surface area (Å²) in [6.45, 7) is 1.77. The molecule has 1 atom stereocenters. The lowest BCUT2D eigenvalue weighted by molar-refractivity contribution is -0.215. The number of rotatable bonds is 12. The quantitative estimate of drug-likeness (QED) is 0.253. The summed E-state index contributed by atoms with van der Waals surface area (Å²) >= 11 is 0. The number of nitrogens with zero attached hydrogens (tertiary/aromatic N) is 3. The summed E-state index contributed by atoms with van der Waals surface area (Å²) < 4.78 is 2.71. The van der Waals surface area contributed by atoms with Crippen LogP contribution in [0.25, 0.3) is 0 Å². The second-order valence-corrected chi connectivity index (χ2v) is 14.6. The van der Waals surface area contributed by atoms with Gasteiger partial charge in [-0.25, -0.2) is 0 Å². The SMILES string of the molecule is CCNC(=O)C(=O)CC[C@H](NC(=O)c1ccn(C)n1)C(=O)Nc1cccn(CC(=O)N[C@]23CC4C5CC6CC4[C@H](C2)C(C6)[C@@H]5C3)c1=O. The van der Waals surface area contributed by atoms with Crippen LogP contribution in [-0.4, -0.2) is 61.9 Å². The maximum Gasteiger partial charge on any atom is 0.287 e. The Labute approximate surface area is 272 Å². The zero-order chi connectivity index (χ0) is 33.0. The van der Waals surface area contributed by atoms with Crippen LogP contribution in [0.15, 0.2) is 35.4 Å². The van der Waals surface area contributed by atoms with Gasteiger partial charge in [0.15, 0.2) is 0 Å². The van der Waals surface area contributed by atoms with Gasteiger partial charge in [-0.15, -0.1) is 0 Å². The van der Waals surface area contributed by atoms with Gasteiger partial charge < -0.3 is 25.8 Å². The van der Waals surface area contributed by atoms with Gasteiger partial charge in [0, 0.05) is 37.9 Å². The second-order valence-electron chi connectivity index (χ2n) is 14.6. The van der Waals surface area contributed by atoms with Crippen LogP contribution in [0.4, 0.5) is 5.69 Å². The molecule has 13 heteroatoms. The standard InChI is InChI=1S/C34H43N7O6/c1-3-35-32(46)28(42)7-6-25(36-31(45)26-8-10-40(2)39-26)30(44)37-27-5-4-9-41(33(27)47)17-29(43)38-34-14-22-19-11-18-12-20(22)24(16-34)21(13-18)23(19)15-34/h4-5,8-10,18-25H,3,6-7,11-17H2,1-2H3,(H,35,46)(H,36,45)(H,37,44)(H,38,43)/t18?,19?,20?,21?,22-,23+,24?,25-,34-/m0/s1. The summed E-state index contributed by atoms with van der Waals surface area (Å²) in [5.41, 5.74) is -0.762. The number of carbonyl (C=O) groups excluding carboxylic acids is 5. The Morgan fingerprint density at radius 2 is 1.62 bits per heavy atom.